The minimum Gasteiger partial charge on any atom is -0.475 e. The molecule has 0 bridgehead atoms. The molecule has 8 heteroatoms. The molecule has 5 rings (SSSR count). The number of nitrogens with zero attached hydrogens (tertiary/aromatic N) is 6. The van der Waals surface area contributed by atoms with Crippen LogP contribution in [0.25, 0.3) is 10.8 Å². The summed E-state index contributed by atoms with van der Waals surface area (Å²) in [5, 5.41) is 22.9. The van der Waals surface area contributed by atoms with Crippen molar-refractivity contribution in [2.75, 3.05) is 44.7 Å². The Kier molecular flexibility index (Phi) is 10.5. The first kappa shape index (κ1) is 33.9. The van der Waals surface area contributed by atoms with Gasteiger partial charge in [0, 0.05) is 37.9 Å². The Morgan fingerprint density at radius 1 is 1.15 bits per heavy atom. The number of amides is 1. The standard InChI is InChI=1S/C39H48N6O2/c1-7-33-31(18-10-9-14-28-16-12-17-29-15-11-13-27(3)36(28)29)37(44-21-22-45(35(46)8-2)30(24-44)19-20-40)32(23-41)38(42-33)47-25-34-39(4,5)26-43(34)6/h8,11-13,15-17,30,34H,2,7,9-10,14,18-19,21-22,24-26H2,1,3-6H3/t30-,34?/m0/s1. The average molecular weight is 633 g/mol. The van der Waals surface area contributed by atoms with Gasteiger partial charge in [0.15, 0.2) is 0 Å². The second kappa shape index (κ2) is 14.6. The highest BCUT2D eigenvalue weighted by atomic mass is 16.5. The fraction of sp³-hybridized carbons (Fsp3) is 0.487. The largest absolute Gasteiger partial charge is 0.475 e. The lowest BCUT2D eigenvalue weighted by atomic mass is 9.76. The van der Waals surface area contributed by atoms with Gasteiger partial charge in [-0.1, -0.05) is 63.7 Å². The van der Waals surface area contributed by atoms with Gasteiger partial charge < -0.3 is 14.5 Å². The quantitative estimate of drug-likeness (QED) is 0.169. The molecule has 1 amide bonds. The highest BCUT2D eigenvalue weighted by Crippen LogP contribution is 2.39. The average Bonchev–Trinajstić information content (AvgIpc) is 3.06. The van der Waals surface area contributed by atoms with E-state index in [0.717, 1.165) is 49.2 Å². The Balaban J connectivity index is 1.46. The van der Waals surface area contributed by atoms with Gasteiger partial charge in [0.25, 0.3) is 0 Å². The summed E-state index contributed by atoms with van der Waals surface area (Å²) in [4.78, 5) is 23.9. The number of aryl methyl sites for hydroxylation is 3. The lowest BCUT2D eigenvalue weighted by molar-refractivity contribution is -0.128. The van der Waals surface area contributed by atoms with Gasteiger partial charge in [0.05, 0.1) is 24.2 Å². The molecule has 1 unspecified atom stereocenters. The zero-order valence-corrected chi connectivity index (χ0v) is 28.7. The van der Waals surface area contributed by atoms with Crippen molar-refractivity contribution < 1.29 is 9.53 Å². The molecule has 3 heterocycles. The highest BCUT2D eigenvalue weighted by molar-refractivity contribution is 5.89. The number of unbranched alkanes of at least 4 members (excludes halogenated alkanes) is 1. The number of likely N-dealkylation sites (tertiary alicyclic amines) is 1. The molecular weight excluding hydrogens is 584 g/mol. The molecule has 0 aliphatic carbocycles. The maximum atomic E-state index is 12.7. The van der Waals surface area contributed by atoms with Crippen LogP contribution in [0, 0.1) is 35.0 Å². The van der Waals surface area contributed by atoms with Crippen LogP contribution in [0.1, 0.15) is 68.0 Å². The molecule has 2 aliphatic heterocycles. The summed E-state index contributed by atoms with van der Waals surface area (Å²) < 4.78 is 6.42. The summed E-state index contributed by atoms with van der Waals surface area (Å²) in [6.07, 6.45) is 5.90. The molecule has 2 fully saturated rings. The van der Waals surface area contributed by atoms with E-state index in [9.17, 15) is 15.3 Å². The van der Waals surface area contributed by atoms with Gasteiger partial charge >= 0.3 is 0 Å². The molecular formula is C39H48N6O2. The number of hydrogen-bond acceptors (Lipinski definition) is 7. The van der Waals surface area contributed by atoms with Crippen LogP contribution in [-0.2, 0) is 24.1 Å². The maximum Gasteiger partial charge on any atom is 0.246 e. The van der Waals surface area contributed by atoms with E-state index in [1.165, 1.54) is 28.0 Å². The Morgan fingerprint density at radius 3 is 2.55 bits per heavy atom. The number of aromatic nitrogens is 1. The van der Waals surface area contributed by atoms with Crippen LogP contribution in [0.15, 0.2) is 49.1 Å². The number of carbonyl (C=O) groups is 1. The van der Waals surface area contributed by atoms with E-state index >= 15 is 0 Å². The summed E-state index contributed by atoms with van der Waals surface area (Å²) in [6, 6.07) is 17.7. The predicted octanol–water partition coefficient (Wildman–Crippen LogP) is 6.38. The van der Waals surface area contributed by atoms with Crippen molar-refractivity contribution in [3.8, 4) is 18.0 Å². The predicted molar refractivity (Wildman–Crippen MR) is 187 cm³/mol. The molecule has 0 saturated carbocycles. The van der Waals surface area contributed by atoms with Crippen molar-refractivity contribution in [1.29, 1.82) is 10.5 Å². The first-order valence-corrected chi connectivity index (χ1v) is 16.9. The van der Waals surface area contributed by atoms with Gasteiger partial charge in [-0.2, -0.15) is 10.5 Å². The van der Waals surface area contributed by atoms with Gasteiger partial charge in [0.2, 0.25) is 11.8 Å². The summed E-state index contributed by atoms with van der Waals surface area (Å²) in [5.41, 5.74) is 6.10. The van der Waals surface area contributed by atoms with Gasteiger partial charge in [-0.15, -0.1) is 0 Å². The molecule has 47 heavy (non-hydrogen) atoms. The number of fused-ring (bicyclic) bond motifs is 1. The second-order valence-corrected chi connectivity index (χ2v) is 13.8. The number of piperazine rings is 1. The van der Waals surface area contributed by atoms with Crippen LogP contribution >= 0.6 is 0 Å². The molecule has 246 valence electrons. The van der Waals surface area contributed by atoms with Crippen LogP contribution in [0.3, 0.4) is 0 Å². The molecule has 1 aromatic heterocycles. The molecule has 8 nitrogen and oxygen atoms in total. The number of rotatable bonds is 12. The molecule has 2 aromatic carbocycles. The lowest BCUT2D eigenvalue weighted by Crippen LogP contribution is -2.62. The Morgan fingerprint density at radius 2 is 1.89 bits per heavy atom. The Hall–Kier alpha value is -4.40. The Bertz CT molecular complexity index is 1710. The molecule has 0 radical (unpaired) electrons. The lowest BCUT2D eigenvalue weighted by Gasteiger charge is -2.52. The summed E-state index contributed by atoms with van der Waals surface area (Å²) in [7, 11) is 2.10. The van der Waals surface area contributed by atoms with Crippen molar-refractivity contribution in [3.05, 3.63) is 77.0 Å². The number of ether oxygens (including phenoxy) is 1. The zero-order valence-electron chi connectivity index (χ0n) is 28.7. The van der Waals surface area contributed by atoms with Crippen LogP contribution in [0.4, 0.5) is 5.69 Å². The molecule has 3 aromatic rings. The maximum absolute atomic E-state index is 12.7. The molecule has 2 atom stereocenters. The fourth-order valence-corrected chi connectivity index (χ4v) is 7.79. The SMILES string of the molecule is C=CC(=O)N1CCN(c2c(C#N)c(OCC3N(C)CC3(C)C)nc(CC)c2CCCCc2cccc3cccc(C)c23)C[C@@H]1CC#N. The third-order valence-corrected chi connectivity index (χ3v) is 10.1. The van der Waals surface area contributed by atoms with E-state index in [1.54, 1.807) is 4.90 Å². The zero-order chi connectivity index (χ0) is 33.7. The van der Waals surface area contributed by atoms with Crippen molar-refractivity contribution in [2.24, 2.45) is 5.41 Å². The van der Waals surface area contributed by atoms with Crippen molar-refractivity contribution in [3.63, 3.8) is 0 Å². The van der Waals surface area contributed by atoms with E-state index in [1.807, 2.05) is 0 Å². The number of nitriles is 2. The van der Waals surface area contributed by atoms with Crippen LogP contribution < -0.4 is 9.64 Å². The third kappa shape index (κ3) is 6.99. The molecule has 2 saturated heterocycles. The number of anilines is 1. The highest BCUT2D eigenvalue weighted by Gasteiger charge is 2.44. The van der Waals surface area contributed by atoms with E-state index in [-0.39, 0.29) is 29.8 Å². The van der Waals surface area contributed by atoms with Gasteiger partial charge in [-0.05, 0) is 85.0 Å². The van der Waals surface area contributed by atoms with Crippen molar-refractivity contribution >= 4 is 22.4 Å². The second-order valence-electron chi connectivity index (χ2n) is 13.8. The summed E-state index contributed by atoms with van der Waals surface area (Å²) in [6.45, 7) is 15.3. The first-order valence-electron chi connectivity index (χ1n) is 16.9. The third-order valence-electron chi connectivity index (χ3n) is 10.1. The van der Waals surface area contributed by atoms with Crippen molar-refractivity contribution in [2.45, 2.75) is 78.3 Å². The topological polar surface area (TPSA) is 96.5 Å². The number of benzene rings is 2. The smallest absolute Gasteiger partial charge is 0.246 e. The minimum atomic E-state index is -0.305. The van der Waals surface area contributed by atoms with Crippen LogP contribution in [0.2, 0.25) is 0 Å². The summed E-state index contributed by atoms with van der Waals surface area (Å²) in [5.74, 6) is 0.210. The van der Waals surface area contributed by atoms with E-state index < -0.39 is 0 Å². The normalized spacial score (nSPS) is 19.1. The van der Waals surface area contributed by atoms with E-state index in [2.05, 4.69) is 99.7 Å². The van der Waals surface area contributed by atoms with E-state index in [4.69, 9.17) is 9.72 Å². The first-order chi connectivity index (χ1) is 22.6. The van der Waals surface area contributed by atoms with Gasteiger partial charge in [-0.3, -0.25) is 9.69 Å². The fourth-order valence-electron chi connectivity index (χ4n) is 7.79. The number of likely N-dealkylation sites (N-methyl/N-ethyl adjacent to an activating group) is 1. The van der Waals surface area contributed by atoms with E-state index in [0.29, 0.717) is 44.1 Å². The van der Waals surface area contributed by atoms with Gasteiger partial charge in [-0.25, -0.2) is 4.98 Å². The van der Waals surface area contributed by atoms with Gasteiger partial charge in [0.1, 0.15) is 18.2 Å². The van der Waals surface area contributed by atoms with Crippen LogP contribution in [-0.4, -0.2) is 72.6 Å². The molecule has 0 spiro atoms. The monoisotopic (exact) mass is 632 g/mol. The molecule has 0 N–H and O–H groups in total. The minimum absolute atomic E-state index is 0.124. The number of pyridine rings is 1. The number of carbonyl (C=O) groups excluding carboxylic acids is 1. The van der Waals surface area contributed by atoms with Crippen LogP contribution in [0.5, 0.6) is 5.88 Å². The summed E-state index contributed by atoms with van der Waals surface area (Å²) >= 11 is 0. The molecule has 2 aliphatic rings. The number of hydrogen-bond donors (Lipinski definition) is 0. The van der Waals surface area contributed by atoms with Crippen molar-refractivity contribution in [1.82, 2.24) is 14.8 Å². The Labute approximate surface area is 280 Å².